The van der Waals surface area contributed by atoms with Gasteiger partial charge in [0, 0.05) is 6.92 Å². The lowest BCUT2D eigenvalue weighted by atomic mass is 9.95. The first kappa shape index (κ1) is 25.7. The second-order valence-electron chi connectivity index (χ2n) is 6.80. The summed E-state index contributed by atoms with van der Waals surface area (Å²) >= 11 is 0. The molecule has 10 atom stereocenters. The van der Waals surface area contributed by atoms with Crippen molar-refractivity contribution in [2.75, 3.05) is 6.61 Å². The van der Waals surface area contributed by atoms with Gasteiger partial charge in [-0.15, -0.1) is 0 Å². The van der Waals surface area contributed by atoms with Crippen LogP contribution in [-0.2, 0) is 38.4 Å². The molecule has 0 aromatic carbocycles. The molecule has 2 heterocycles. The number of carboxylic acid groups (broad SMARTS) is 1. The zero-order valence-corrected chi connectivity index (χ0v) is 16.6. The number of amides is 1. The van der Waals surface area contributed by atoms with Crippen LogP contribution in [-0.4, -0.2) is 123 Å². The van der Waals surface area contributed by atoms with Crippen molar-refractivity contribution < 1.29 is 71.6 Å². The van der Waals surface area contributed by atoms with Crippen molar-refractivity contribution in [1.82, 2.24) is 5.32 Å². The van der Waals surface area contributed by atoms with Gasteiger partial charge in [0.15, 0.2) is 18.7 Å². The van der Waals surface area contributed by atoms with Crippen molar-refractivity contribution in [1.29, 1.82) is 0 Å². The molecular formula is C14H23NO15S. The number of hydrogen-bond acceptors (Lipinski definition) is 13. The first-order valence-electron chi connectivity index (χ1n) is 8.72. The molecule has 0 aliphatic carbocycles. The number of carboxylic acids is 1. The van der Waals surface area contributed by atoms with E-state index in [1.165, 1.54) is 0 Å². The normalized spacial score (nSPS) is 41.5. The molecular weight excluding hydrogens is 454 g/mol. The minimum Gasteiger partial charge on any atom is -0.479 e. The molecule has 2 fully saturated rings. The topological polar surface area (TPSA) is 259 Å². The van der Waals surface area contributed by atoms with Crippen LogP contribution in [0, 0.1) is 0 Å². The number of carbonyl (C=O) groups is 2. The van der Waals surface area contributed by atoms with Gasteiger partial charge in [-0.05, 0) is 0 Å². The van der Waals surface area contributed by atoms with E-state index in [9.17, 15) is 43.5 Å². The van der Waals surface area contributed by atoms with Gasteiger partial charge in [-0.1, -0.05) is 0 Å². The number of aliphatic carboxylic acids is 1. The van der Waals surface area contributed by atoms with Gasteiger partial charge in [0.2, 0.25) is 5.91 Å². The SMILES string of the molecule is CC(=O)N[C@H]1C(O)O[C@H](CO)[C@H](OS(=O)(=O)O)[C@@H]1O[C@@H]1O[C@@H](C(=O)O)[C@@H](O)[C@H](O)[C@H]1O. The molecule has 180 valence electrons. The average Bonchev–Trinajstić information content (AvgIpc) is 2.64. The fourth-order valence-corrected chi connectivity index (χ4v) is 3.71. The summed E-state index contributed by atoms with van der Waals surface area (Å²) in [5, 5.41) is 60.6. The average molecular weight is 477 g/mol. The van der Waals surface area contributed by atoms with Gasteiger partial charge in [0.1, 0.15) is 42.7 Å². The molecule has 8 N–H and O–H groups in total. The van der Waals surface area contributed by atoms with Crippen LogP contribution in [0.3, 0.4) is 0 Å². The Morgan fingerprint density at radius 1 is 1.03 bits per heavy atom. The summed E-state index contributed by atoms with van der Waals surface area (Å²) in [6.07, 6.45) is -17.8. The Labute approximate surface area is 174 Å². The highest BCUT2D eigenvalue weighted by molar-refractivity contribution is 7.80. The molecule has 0 aromatic rings. The smallest absolute Gasteiger partial charge is 0.397 e. The van der Waals surface area contributed by atoms with Gasteiger partial charge >= 0.3 is 16.4 Å². The van der Waals surface area contributed by atoms with E-state index in [1.54, 1.807) is 0 Å². The number of aliphatic hydroxyl groups excluding tert-OH is 5. The third-order valence-electron chi connectivity index (χ3n) is 4.55. The number of rotatable bonds is 7. The Hall–Kier alpha value is -1.51. The lowest BCUT2D eigenvalue weighted by molar-refractivity contribution is -0.334. The van der Waals surface area contributed by atoms with E-state index in [4.69, 9.17) is 23.9 Å². The molecule has 0 aromatic heterocycles. The van der Waals surface area contributed by atoms with Crippen molar-refractivity contribution in [3.8, 4) is 0 Å². The van der Waals surface area contributed by atoms with Crippen LogP contribution in [0.25, 0.3) is 0 Å². The third-order valence-corrected chi connectivity index (χ3v) is 5.02. The highest BCUT2D eigenvalue weighted by Crippen LogP contribution is 2.30. The van der Waals surface area contributed by atoms with Crippen LogP contribution in [0.1, 0.15) is 6.92 Å². The Bertz CT molecular complexity index is 761. The molecule has 0 bridgehead atoms. The van der Waals surface area contributed by atoms with Crippen LogP contribution < -0.4 is 5.32 Å². The predicted octanol–water partition coefficient (Wildman–Crippen LogP) is -5.33. The predicted molar refractivity (Wildman–Crippen MR) is 91.2 cm³/mol. The number of aliphatic hydroxyl groups is 5. The Balaban J connectivity index is 2.42. The Morgan fingerprint density at radius 3 is 2.13 bits per heavy atom. The summed E-state index contributed by atoms with van der Waals surface area (Å²) < 4.78 is 51.3. The summed E-state index contributed by atoms with van der Waals surface area (Å²) in [5.41, 5.74) is 0. The number of carbonyl (C=O) groups excluding carboxylic acids is 1. The fraction of sp³-hybridized carbons (Fsp3) is 0.857. The van der Waals surface area contributed by atoms with Gasteiger partial charge in [0.25, 0.3) is 0 Å². The zero-order chi connectivity index (χ0) is 23.7. The molecule has 1 amide bonds. The maximum absolute atomic E-state index is 11.5. The van der Waals surface area contributed by atoms with Crippen molar-refractivity contribution in [3.63, 3.8) is 0 Å². The molecule has 2 aliphatic rings. The molecule has 0 radical (unpaired) electrons. The zero-order valence-electron chi connectivity index (χ0n) is 15.8. The molecule has 2 rings (SSSR count). The minimum absolute atomic E-state index is 0.779. The minimum atomic E-state index is -5.22. The van der Waals surface area contributed by atoms with Gasteiger partial charge < -0.3 is 50.2 Å². The highest BCUT2D eigenvalue weighted by atomic mass is 32.3. The number of hydrogen-bond donors (Lipinski definition) is 8. The van der Waals surface area contributed by atoms with Crippen LogP contribution in [0.15, 0.2) is 0 Å². The van der Waals surface area contributed by atoms with E-state index in [1.807, 2.05) is 0 Å². The lowest BCUT2D eigenvalue weighted by Gasteiger charge is -2.46. The van der Waals surface area contributed by atoms with Gasteiger partial charge in [-0.2, -0.15) is 8.42 Å². The standard InChI is InChI=1S/C14H23NO15S/c1-3(17)15-5-10(9(30-31(24,25)26)4(2-16)27-13(5)23)28-14-8(20)6(18)7(19)11(29-14)12(21)22/h4-11,13-14,16,18-20,23H,2H2,1H3,(H,15,17)(H,21,22)(H,24,25,26)/t4-,5-,6+,7+,8-,9+,10-,11-,13?,14-/m1/s1. The second-order valence-corrected chi connectivity index (χ2v) is 7.85. The van der Waals surface area contributed by atoms with E-state index >= 15 is 0 Å². The van der Waals surface area contributed by atoms with Crippen LogP contribution >= 0.6 is 0 Å². The van der Waals surface area contributed by atoms with Gasteiger partial charge in [0.05, 0.1) is 6.61 Å². The van der Waals surface area contributed by atoms with E-state index < -0.39 is 90.2 Å². The molecule has 1 unspecified atom stereocenters. The molecule has 0 spiro atoms. The first-order valence-corrected chi connectivity index (χ1v) is 10.1. The number of ether oxygens (including phenoxy) is 3. The Kier molecular flexibility index (Phi) is 8.27. The summed E-state index contributed by atoms with van der Waals surface area (Å²) in [5.74, 6) is -2.52. The first-order chi connectivity index (χ1) is 14.3. The maximum Gasteiger partial charge on any atom is 0.397 e. The van der Waals surface area contributed by atoms with Crippen molar-refractivity contribution in [3.05, 3.63) is 0 Å². The molecule has 31 heavy (non-hydrogen) atoms. The number of nitrogens with one attached hydrogen (secondary N) is 1. The highest BCUT2D eigenvalue weighted by Gasteiger charge is 2.53. The molecule has 16 nitrogen and oxygen atoms in total. The van der Waals surface area contributed by atoms with Crippen LogP contribution in [0.2, 0.25) is 0 Å². The maximum atomic E-state index is 11.5. The van der Waals surface area contributed by atoms with E-state index in [2.05, 4.69) is 9.50 Å². The summed E-state index contributed by atoms with van der Waals surface area (Å²) in [7, 11) is -5.22. The molecule has 17 heteroatoms. The quantitative estimate of drug-likeness (QED) is 0.159. The summed E-state index contributed by atoms with van der Waals surface area (Å²) in [6, 6.07) is -1.64. The summed E-state index contributed by atoms with van der Waals surface area (Å²) in [4.78, 5) is 22.8. The molecule has 2 aliphatic heterocycles. The van der Waals surface area contributed by atoms with Crippen molar-refractivity contribution in [2.24, 2.45) is 0 Å². The lowest BCUT2D eigenvalue weighted by Crippen LogP contribution is -2.68. The van der Waals surface area contributed by atoms with E-state index in [0.717, 1.165) is 6.92 Å². The second kappa shape index (κ2) is 9.96. The largest absolute Gasteiger partial charge is 0.479 e. The Morgan fingerprint density at radius 2 is 1.65 bits per heavy atom. The van der Waals surface area contributed by atoms with Crippen LogP contribution in [0.5, 0.6) is 0 Å². The van der Waals surface area contributed by atoms with Crippen molar-refractivity contribution in [2.45, 2.75) is 68.3 Å². The van der Waals surface area contributed by atoms with E-state index in [-0.39, 0.29) is 0 Å². The van der Waals surface area contributed by atoms with Gasteiger partial charge in [-0.3, -0.25) is 9.35 Å². The van der Waals surface area contributed by atoms with E-state index in [0.29, 0.717) is 0 Å². The monoisotopic (exact) mass is 477 g/mol. The molecule has 0 saturated carbocycles. The molecule has 2 saturated heterocycles. The summed E-state index contributed by atoms with van der Waals surface area (Å²) in [6.45, 7) is 0.0319. The van der Waals surface area contributed by atoms with Crippen LogP contribution in [0.4, 0.5) is 0 Å². The van der Waals surface area contributed by atoms with Crippen molar-refractivity contribution >= 4 is 22.3 Å². The third kappa shape index (κ3) is 6.05. The fourth-order valence-electron chi connectivity index (χ4n) is 3.19. The van der Waals surface area contributed by atoms with Gasteiger partial charge in [-0.25, -0.2) is 8.98 Å².